The number of benzene rings is 1. The highest BCUT2D eigenvalue weighted by Crippen LogP contribution is 2.29. The van der Waals surface area contributed by atoms with Gasteiger partial charge in [0.15, 0.2) is 0 Å². The molecule has 3 rings (SSSR count). The number of fused-ring (bicyclic) bond motifs is 1. The second-order valence-electron chi connectivity index (χ2n) is 6.30. The van der Waals surface area contributed by atoms with Gasteiger partial charge in [0, 0.05) is 28.7 Å². The van der Waals surface area contributed by atoms with Crippen molar-refractivity contribution in [2.75, 3.05) is 0 Å². The van der Waals surface area contributed by atoms with Crippen molar-refractivity contribution in [3.63, 3.8) is 0 Å². The first-order valence-electron chi connectivity index (χ1n) is 8.79. The smallest absolute Gasteiger partial charge is 0.460 e. The molecule has 142 valence electrons. The van der Waals surface area contributed by atoms with Gasteiger partial charge in [0.25, 0.3) is 0 Å². The Labute approximate surface area is 163 Å². The van der Waals surface area contributed by atoms with Crippen molar-refractivity contribution in [2.24, 2.45) is 10.2 Å². The molecule has 1 aromatic carbocycles. The zero-order valence-electron chi connectivity index (χ0n) is 15.7. The SMILES string of the molecule is CC[Si]1(CC)O/C(c2ccc(Cl)cc2)=N\N=C(\C)c2c(cc(C)oc2=O)O1. The maximum atomic E-state index is 12.4. The van der Waals surface area contributed by atoms with Crippen LogP contribution in [0.1, 0.15) is 37.7 Å². The van der Waals surface area contributed by atoms with E-state index in [1.54, 1.807) is 32.0 Å². The molecule has 0 fully saturated rings. The number of aryl methyl sites for hydroxylation is 1. The van der Waals surface area contributed by atoms with Crippen LogP contribution in [0.4, 0.5) is 0 Å². The third kappa shape index (κ3) is 3.99. The Morgan fingerprint density at radius 3 is 2.33 bits per heavy atom. The maximum Gasteiger partial charge on any atom is 0.460 e. The summed E-state index contributed by atoms with van der Waals surface area (Å²) in [6, 6.07) is 10.2. The highest BCUT2D eigenvalue weighted by atomic mass is 35.5. The van der Waals surface area contributed by atoms with Crippen molar-refractivity contribution in [3.05, 3.63) is 62.7 Å². The van der Waals surface area contributed by atoms with E-state index in [-0.39, 0.29) is 5.56 Å². The van der Waals surface area contributed by atoms with Gasteiger partial charge in [-0.1, -0.05) is 25.4 Å². The van der Waals surface area contributed by atoms with Gasteiger partial charge in [0.1, 0.15) is 17.1 Å². The Hall–Kier alpha value is -2.38. The van der Waals surface area contributed by atoms with E-state index in [0.29, 0.717) is 40.2 Å². The summed E-state index contributed by atoms with van der Waals surface area (Å²) >= 11 is 5.99. The van der Waals surface area contributed by atoms with Crippen LogP contribution in [0.3, 0.4) is 0 Å². The van der Waals surface area contributed by atoms with Gasteiger partial charge < -0.3 is 13.3 Å². The molecule has 1 aromatic heterocycles. The first-order valence-corrected chi connectivity index (χ1v) is 11.4. The van der Waals surface area contributed by atoms with Crippen LogP contribution in [0.15, 0.2) is 49.7 Å². The zero-order chi connectivity index (χ0) is 19.6. The van der Waals surface area contributed by atoms with Gasteiger partial charge in [-0.05, 0) is 38.1 Å². The lowest BCUT2D eigenvalue weighted by atomic mass is 10.2. The van der Waals surface area contributed by atoms with E-state index < -0.39 is 14.2 Å². The normalized spacial score (nSPS) is 19.7. The Morgan fingerprint density at radius 2 is 1.70 bits per heavy atom. The topological polar surface area (TPSA) is 73.4 Å². The molecule has 0 bridgehead atoms. The Kier molecular flexibility index (Phi) is 5.52. The molecule has 2 heterocycles. The fourth-order valence-corrected chi connectivity index (χ4v) is 5.14. The monoisotopic (exact) mass is 404 g/mol. The van der Waals surface area contributed by atoms with Crippen LogP contribution in [0.25, 0.3) is 0 Å². The minimum atomic E-state index is -2.75. The van der Waals surface area contributed by atoms with Gasteiger partial charge >= 0.3 is 14.2 Å². The molecule has 6 nitrogen and oxygen atoms in total. The average molecular weight is 405 g/mol. The van der Waals surface area contributed by atoms with Gasteiger partial charge in [0.2, 0.25) is 5.90 Å². The number of hydrogen-bond donors (Lipinski definition) is 0. The number of halogens is 1. The largest absolute Gasteiger partial charge is 0.511 e. The summed E-state index contributed by atoms with van der Waals surface area (Å²) in [4.78, 5) is 12.4. The molecule has 8 heteroatoms. The van der Waals surface area contributed by atoms with Gasteiger partial charge in [-0.3, -0.25) is 0 Å². The van der Waals surface area contributed by atoms with Crippen molar-refractivity contribution >= 4 is 31.8 Å². The molecule has 1 aliphatic rings. The molecule has 0 saturated heterocycles. The van der Waals surface area contributed by atoms with Gasteiger partial charge in [-0.2, -0.15) is 5.10 Å². The average Bonchev–Trinajstić information content (AvgIpc) is 2.69. The molecule has 2 aromatic rings. The van der Waals surface area contributed by atoms with Crippen LogP contribution in [0, 0.1) is 6.92 Å². The highest BCUT2D eigenvalue weighted by molar-refractivity contribution is 6.70. The molecule has 0 radical (unpaired) electrons. The lowest BCUT2D eigenvalue weighted by Gasteiger charge is -2.30. The summed E-state index contributed by atoms with van der Waals surface area (Å²) in [5.74, 6) is 1.27. The molecule has 0 saturated carbocycles. The fourth-order valence-electron chi connectivity index (χ4n) is 2.83. The van der Waals surface area contributed by atoms with Crippen LogP contribution in [-0.2, 0) is 4.43 Å². The second kappa shape index (κ2) is 7.70. The van der Waals surface area contributed by atoms with Crippen LogP contribution >= 0.6 is 11.6 Å². The number of rotatable bonds is 3. The van der Waals surface area contributed by atoms with E-state index in [1.807, 2.05) is 26.0 Å². The molecular weight excluding hydrogens is 384 g/mol. The van der Waals surface area contributed by atoms with Crippen LogP contribution < -0.4 is 10.1 Å². The third-order valence-corrected chi connectivity index (χ3v) is 8.00. The predicted octanol–water partition coefficient (Wildman–Crippen LogP) is 4.66. The maximum absolute atomic E-state index is 12.4. The standard InChI is InChI=1S/C19H21ClN2O4Si/c1-5-27(6-2)25-16-11-12(3)24-19(23)17(16)13(4)21-22-18(26-27)14-7-9-15(20)10-8-14/h7-11H,5-6H2,1-4H3/b21-13-,22-18-. The first kappa shape index (κ1) is 19.4. The predicted molar refractivity (Wildman–Crippen MR) is 108 cm³/mol. The van der Waals surface area contributed by atoms with Crippen LogP contribution in [0.2, 0.25) is 17.1 Å². The van der Waals surface area contributed by atoms with E-state index in [2.05, 4.69) is 10.2 Å². The summed E-state index contributed by atoms with van der Waals surface area (Å²) in [7, 11) is -2.75. The Morgan fingerprint density at radius 1 is 1.04 bits per heavy atom. The van der Waals surface area contributed by atoms with E-state index in [9.17, 15) is 4.79 Å². The number of hydrogen-bond acceptors (Lipinski definition) is 6. The van der Waals surface area contributed by atoms with Gasteiger partial charge in [0.05, 0.1) is 5.71 Å². The summed E-state index contributed by atoms with van der Waals surface area (Å²) in [6.45, 7) is 7.43. The molecule has 0 amide bonds. The summed E-state index contributed by atoms with van der Waals surface area (Å²) in [6.07, 6.45) is 0. The molecule has 0 unspecified atom stereocenters. The van der Waals surface area contributed by atoms with Crippen LogP contribution in [0.5, 0.6) is 5.75 Å². The van der Waals surface area contributed by atoms with E-state index in [0.717, 1.165) is 5.56 Å². The van der Waals surface area contributed by atoms with Gasteiger partial charge in [-0.25, -0.2) is 4.79 Å². The Balaban J connectivity index is 2.21. The van der Waals surface area contributed by atoms with E-state index in [1.165, 1.54) is 0 Å². The molecule has 0 spiro atoms. The van der Waals surface area contributed by atoms with E-state index in [4.69, 9.17) is 24.9 Å². The quantitative estimate of drug-likeness (QED) is 0.697. The third-order valence-electron chi connectivity index (χ3n) is 4.44. The summed E-state index contributed by atoms with van der Waals surface area (Å²) in [5, 5.41) is 9.13. The molecule has 0 N–H and O–H groups in total. The minimum absolute atomic E-state index is 0.282. The highest BCUT2D eigenvalue weighted by Gasteiger charge is 2.41. The summed E-state index contributed by atoms with van der Waals surface area (Å²) < 4.78 is 18.0. The van der Waals surface area contributed by atoms with Crippen molar-refractivity contribution in [1.82, 2.24) is 0 Å². The van der Waals surface area contributed by atoms with Crippen molar-refractivity contribution < 1.29 is 13.3 Å². The lowest BCUT2D eigenvalue weighted by Crippen LogP contribution is -2.46. The second-order valence-corrected chi connectivity index (χ2v) is 10.4. The Bertz CT molecular complexity index is 963. The molecule has 27 heavy (non-hydrogen) atoms. The molecule has 0 aliphatic carbocycles. The lowest BCUT2D eigenvalue weighted by molar-refractivity contribution is 0.369. The minimum Gasteiger partial charge on any atom is -0.511 e. The summed E-state index contributed by atoms with van der Waals surface area (Å²) in [5.41, 5.74) is 0.939. The van der Waals surface area contributed by atoms with Crippen LogP contribution in [-0.4, -0.2) is 20.2 Å². The van der Waals surface area contributed by atoms with Crippen molar-refractivity contribution in [3.8, 4) is 5.75 Å². The zero-order valence-corrected chi connectivity index (χ0v) is 17.5. The molecule has 1 aliphatic heterocycles. The van der Waals surface area contributed by atoms with Crippen molar-refractivity contribution in [2.45, 2.75) is 39.8 Å². The van der Waals surface area contributed by atoms with Crippen molar-refractivity contribution in [1.29, 1.82) is 0 Å². The fraction of sp³-hybridized carbons (Fsp3) is 0.316. The molecular formula is C19H21ClN2O4Si. The first-order chi connectivity index (χ1) is 12.9. The van der Waals surface area contributed by atoms with Gasteiger partial charge in [-0.15, -0.1) is 5.10 Å². The molecule has 0 atom stereocenters. The van der Waals surface area contributed by atoms with E-state index >= 15 is 0 Å². The number of nitrogens with zero attached hydrogens (tertiary/aromatic N) is 2.